The van der Waals surface area contributed by atoms with Gasteiger partial charge >= 0.3 is 0 Å². The molecule has 144 valence electrons. The third kappa shape index (κ3) is 3.94. The summed E-state index contributed by atoms with van der Waals surface area (Å²) in [4.78, 5) is 12.3. The predicted octanol–water partition coefficient (Wildman–Crippen LogP) is -2.98. The van der Waals surface area contributed by atoms with E-state index in [9.17, 15) is 15.0 Å². The van der Waals surface area contributed by atoms with Gasteiger partial charge < -0.3 is 25.4 Å². The van der Waals surface area contributed by atoms with Crippen LogP contribution in [0.5, 0.6) is 0 Å². The van der Waals surface area contributed by atoms with Crippen molar-refractivity contribution in [3.05, 3.63) is 0 Å². The largest absolute Gasteiger partial charge is 0.394 e. The minimum absolute atomic E-state index is 0.106. The zero-order valence-corrected chi connectivity index (χ0v) is 14.9. The van der Waals surface area contributed by atoms with Crippen molar-refractivity contribution < 1.29 is 24.9 Å². The summed E-state index contributed by atoms with van der Waals surface area (Å²) in [6.07, 6.45) is -1.59. The van der Waals surface area contributed by atoms with Crippen molar-refractivity contribution in [2.24, 2.45) is 0 Å². The Hall–Kier alpha value is -0.500. The first kappa shape index (κ1) is 19.3. The number of carbonyl (C=O) groups excluding carboxylic acids is 1. The van der Waals surface area contributed by atoms with Crippen LogP contribution >= 0.6 is 11.8 Å². The summed E-state index contributed by atoms with van der Waals surface area (Å²) in [5, 5.41) is 37.5. The molecular formula is C14H27N5O5S. The average molecular weight is 377 g/mol. The fourth-order valence-corrected chi connectivity index (χ4v) is 4.39. The molecule has 3 aliphatic rings. The lowest BCUT2D eigenvalue weighted by atomic mass is 10.1. The number of aliphatic hydroxyl groups excluding tert-OH is 3. The van der Waals surface area contributed by atoms with Crippen LogP contribution in [0.4, 0.5) is 0 Å². The van der Waals surface area contributed by atoms with E-state index >= 15 is 0 Å². The number of nitrogens with zero attached hydrogens (tertiary/aromatic N) is 1. The van der Waals surface area contributed by atoms with Crippen molar-refractivity contribution in [2.75, 3.05) is 19.0 Å². The lowest BCUT2D eigenvalue weighted by Gasteiger charge is -2.38. The highest BCUT2D eigenvalue weighted by Gasteiger charge is 2.52. The Kier molecular flexibility index (Phi) is 6.52. The van der Waals surface area contributed by atoms with Gasteiger partial charge in [0, 0.05) is 0 Å². The smallest absolute Gasteiger partial charge is 0.243 e. The van der Waals surface area contributed by atoms with Gasteiger partial charge in [0.05, 0.1) is 31.5 Å². The molecule has 0 aromatic heterocycles. The molecule has 25 heavy (non-hydrogen) atoms. The molecule has 0 aromatic rings. The van der Waals surface area contributed by atoms with Gasteiger partial charge in [0.25, 0.3) is 0 Å². The van der Waals surface area contributed by atoms with Crippen LogP contribution in [0.1, 0.15) is 19.8 Å². The lowest BCUT2D eigenvalue weighted by Crippen LogP contribution is -2.67. The summed E-state index contributed by atoms with van der Waals surface area (Å²) in [5.74, 6) is 0.798. The van der Waals surface area contributed by atoms with E-state index in [1.54, 1.807) is 16.8 Å². The van der Waals surface area contributed by atoms with Gasteiger partial charge in [-0.3, -0.25) is 10.1 Å². The summed E-state index contributed by atoms with van der Waals surface area (Å²) in [5.41, 5.74) is 5.67. The molecule has 2 heterocycles. The number of aliphatic hydroxyl groups is 3. The Morgan fingerprint density at radius 1 is 1.36 bits per heavy atom. The van der Waals surface area contributed by atoms with Gasteiger partial charge in [0.1, 0.15) is 23.8 Å². The topological polar surface area (TPSA) is 138 Å². The molecule has 11 heteroatoms. The van der Waals surface area contributed by atoms with Gasteiger partial charge in [-0.05, 0) is 18.6 Å². The summed E-state index contributed by atoms with van der Waals surface area (Å²) in [6.45, 7) is 2.04. The van der Waals surface area contributed by atoms with Crippen LogP contribution in [0.25, 0.3) is 0 Å². The molecule has 3 rings (SSSR count). The molecule has 1 aliphatic carbocycles. The highest BCUT2D eigenvalue weighted by atomic mass is 32.2. The van der Waals surface area contributed by atoms with E-state index in [2.05, 4.69) is 28.5 Å². The van der Waals surface area contributed by atoms with E-state index in [1.807, 2.05) is 0 Å². The van der Waals surface area contributed by atoms with Gasteiger partial charge in [-0.1, -0.05) is 6.92 Å². The van der Waals surface area contributed by atoms with Crippen LogP contribution in [-0.2, 0) is 9.53 Å². The first-order valence-corrected chi connectivity index (χ1v) is 9.67. The number of hydrazine groups is 2. The Labute approximate surface area is 150 Å². The van der Waals surface area contributed by atoms with Crippen molar-refractivity contribution in [2.45, 2.75) is 61.8 Å². The maximum absolute atomic E-state index is 12.3. The van der Waals surface area contributed by atoms with Crippen molar-refractivity contribution in [3.8, 4) is 0 Å². The van der Waals surface area contributed by atoms with Crippen LogP contribution in [0.2, 0.25) is 0 Å². The van der Waals surface area contributed by atoms with E-state index in [4.69, 9.17) is 9.84 Å². The second-order valence-electron chi connectivity index (χ2n) is 6.43. The summed E-state index contributed by atoms with van der Waals surface area (Å²) >= 11 is 1.62. The van der Waals surface area contributed by atoms with Crippen LogP contribution in [0.15, 0.2) is 0 Å². The molecule has 0 radical (unpaired) electrons. The number of rotatable bonds is 7. The van der Waals surface area contributed by atoms with Crippen LogP contribution in [0.3, 0.4) is 0 Å². The highest BCUT2D eigenvalue weighted by Crippen LogP contribution is 2.30. The molecule has 7 N–H and O–H groups in total. The molecule has 1 saturated carbocycles. The zero-order valence-electron chi connectivity index (χ0n) is 14.1. The van der Waals surface area contributed by atoms with E-state index in [0.717, 1.165) is 12.2 Å². The van der Waals surface area contributed by atoms with E-state index in [1.165, 1.54) is 0 Å². The molecule has 3 fully saturated rings. The molecule has 0 aromatic carbocycles. The minimum Gasteiger partial charge on any atom is -0.394 e. The Balaban J connectivity index is 1.67. The fraction of sp³-hybridized carbons (Fsp3) is 0.929. The van der Waals surface area contributed by atoms with Gasteiger partial charge in [-0.25, -0.2) is 10.4 Å². The normalized spacial score (nSPS) is 41.8. The number of carbonyl (C=O) groups is 1. The monoisotopic (exact) mass is 377 g/mol. The van der Waals surface area contributed by atoms with E-state index < -0.39 is 30.4 Å². The highest BCUT2D eigenvalue weighted by molar-refractivity contribution is 7.99. The van der Waals surface area contributed by atoms with Gasteiger partial charge in [0.2, 0.25) is 5.91 Å². The minimum atomic E-state index is -1.04. The Bertz CT molecular complexity index is 475. The Morgan fingerprint density at radius 2 is 2.16 bits per heavy atom. The Morgan fingerprint density at radius 3 is 2.88 bits per heavy atom. The van der Waals surface area contributed by atoms with Crippen molar-refractivity contribution in [3.63, 3.8) is 0 Å². The molecule has 0 spiro atoms. The second kappa shape index (κ2) is 8.46. The molecule has 2 aliphatic heterocycles. The molecule has 1 amide bonds. The fourth-order valence-electron chi connectivity index (χ4n) is 3.48. The maximum atomic E-state index is 12.3. The van der Waals surface area contributed by atoms with Gasteiger partial charge in [0.15, 0.2) is 0 Å². The van der Waals surface area contributed by atoms with Crippen LogP contribution < -0.4 is 21.6 Å². The van der Waals surface area contributed by atoms with Gasteiger partial charge in [-0.2, -0.15) is 5.53 Å². The molecule has 10 nitrogen and oxygen atoms in total. The van der Waals surface area contributed by atoms with Crippen molar-refractivity contribution in [1.82, 2.24) is 26.6 Å². The summed E-state index contributed by atoms with van der Waals surface area (Å²) in [7, 11) is 0. The number of thioether (sulfide) groups is 1. The molecule has 3 unspecified atom stereocenters. The first-order chi connectivity index (χ1) is 12.1. The molecule has 0 bridgehead atoms. The standard InChI is InChI=1S/C14H27N5O5S/c1-2-5-25-14-15-12-9(13(23)16-14)17-18-19(12)7-6-8(24-4-3-20)11(22)10(7)21/h7-12,14-15,17-18,20-22H,2-6H2,1H3,(H,16,23)/t7-,8+,9?,10+,11-,12?,14?/m1/s1. The number of hydrogen-bond donors (Lipinski definition) is 7. The summed E-state index contributed by atoms with van der Waals surface area (Å²) < 4.78 is 5.42. The third-order valence-corrected chi connectivity index (χ3v) is 5.94. The van der Waals surface area contributed by atoms with Gasteiger partial charge in [-0.15, -0.1) is 11.8 Å². The van der Waals surface area contributed by atoms with Crippen LogP contribution in [-0.4, -0.2) is 87.3 Å². The predicted molar refractivity (Wildman–Crippen MR) is 90.7 cm³/mol. The molecule has 7 atom stereocenters. The number of ether oxygens (including phenoxy) is 1. The van der Waals surface area contributed by atoms with E-state index in [-0.39, 0.29) is 30.8 Å². The summed E-state index contributed by atoms with van der Waals surface area (Å²) in [6, 6.07) is -0.934. The first-order valence-electron chi connectivity index (χ1n) is 8.63. The molecule has 2 saturated heterocycles. The van der Waals surface area contributed by atoms with Crippen molar-refractivity contribution in [1.29, 1.82) is 0 Å². The average Bonchev–Trinajstić information content (AvgIpc) is 3.14. The third-order valence-electron chi connectivity index (χ3n) is 4.71. The lowest BCUT2D eigenvalue weighted by molar-refractivity contribution is -0.126. The number of nitrogens with one attached hydrogen (secondary N) is 4. The second-order valence-corrected chi connectivity index (χ2v) is 7.64. The number of fused-ring (bicyclic) bond motifs is 1. The number of amides is 1. The maximum Gasteiger partial charge on any atom is 0.243 e. The number of hydrogen-bond acceptors (Lipinski definition) is 10. The van der Waals surface area contributed by atoms with E-state index in [0.29, 0.717) is 6.42 Å². The van der Waals surface area contributed by atoms with Crippen molar-refractivity contribution >= 4 is 17.7 Å². The van der Waals surface area contributed by atoms with Crippen LogP contribution in [0, 0.1) is 0 Å². The SMILES string of the molecule is CCCSC1NC(=O)C2NNN([C@@H]3C[C@H](OCCO)[C@@H](O)[C@H]3O)C2N1. The quantitative estimate of drug-likeness (QED) is 0.246. The zero-order chi connectivity index (χ0) is 18.0. The molecular weight excluding hydrogens is 350 g/mol.